The molecule has 8 heteroatoms. The maximum atomic E-state index is 6.93. The van der Waals surface area contributed by atoms with Crippen LogP contribution in [0.25, 0.3) is 0 Å². The third-order valence-electron chi connectivity index (χ3n) is 12.4. The average Bonchev–Trinajstić information content (AvgIpc) is 3.32. The van der Waals surface area contributed by atoms with Gasteiger partial charge >= 0.3 is 377 Å². The molecule has 0 N–H and O–H groups in total. The van der Waals surface area contributed by atoms with Crippen LogP contribution in [0.2, 0.25) is 0 Å². The summed E-state index contributed by atoms with van der Waals surface area (Å²) in [6, 6.07) is 74.7. The quantitative estimate of drug-likeness (QED) is 0.197. The van der Waals surface area contributed by atoms with Gasteiger partial charge < -0.3 is 0 Å². The Morgan fingerprint density at radius 2 is 0.645 bits per heavy atom. The average molecular weight is 922 g/mol. The number of para-hydroxylation sites is 6. The zero-order valence-electron chi connectivity index (χ0n) is 33.3. The molecule has 4 nitrogen and oxygen atoms in total. The van der Waals surface area contributed by atoms with Crippen molar-refractivity contribution in [3.8, 4) is 23.0 Å². The number of hydrogen-bond acceptors (Lipinski definition) is 4. The molecule has 0 spiro atoms. The Labute approximate surface area is 374 Å². The molecule has 0 amide bonds. The van der Waals surface area contributed by atoms with Gasteiger partial charge in [-0.3, -0.25) is 0 Å². The van der Waals surface area contributed by atoms with Gasteiger partial charge in [0, 0.05) is 0 Å². The predicted molar refractivity (Wildman–Crippen MR) is 261 cm³/mol. The van der Waals surface area contributed by atoms with Gasteiger partial charge in [-0.15, -0.1) is 0 Å². The van der Waals surface area contributed by atoms with Crippen LogP contribution in [0.4, 0.5) is 34.1 Å². The summed E-state index contributed by atoms with van der Waals surface area (Å²) in [6.07, 6.45) is 0. The summed E-state index contributed by atoms with van der Waals surface area (Å²) < 4.78 is 19.5. The van der Waals surface area contributed by atoms with E-state index in [1.165, 1.54) is 50.6 Å². The molecular formula is C54H34B2N2O2Se2. The Bertz CT molecular complexity index is 2930. The van der Waals surface area contributed by atoms with E-state index in [2.05, 4.69) is 216 Å². The van der Waals surface area contributed by atoms with E-state index < -0.39 is 0 Å². The van der Waals surface area contributed by atoms with Crippen LogP contribution in [0, 0.1) is 0 Å². The number of rotatable bonds is 6. The normalized spacial score (nSPS) is 13.2. The van der Waals surface area contributed by atoms with Gasteiger partial charge in [-0.05, 0) is 0 Å². The van der Waals surface area contributed by atoms with Gasteiger partial charge in [-0.1, -0.05) is 0 Å². The molecule has 0 unspecified atom stereocenters. The van der Waals surface area contributed by atoms with Crippen molar-refractivity contribution in [2.24, 2.45) is 0 Å². The minimum atomic E-state index is 0.0318. The first-order chi connectivity index (χ1) is 30.7. The zero-order valence-corrected chi connectivity index (χ0v) is 36.7. The molecule has 4 heterocycles. The van der Waals surface area contributed by atoms with Gasteiger partial charge in [0.25, 0.3) is 0 Å². The van der Waals surface area contributed by atoms with Crippen molar-refractivity contribution in [1.82, 2.24) is 0 Å². The van der Waals surface area contributed by atoms with Crippen molar-refractivity contribution in [3.63, 3.8) is 0 Å². The fourth-order valence-electron chi connectivity index (χ4n) is 9.82. The van der Waals surface area contributed by atoms with Gasteiger partial charge in [-0.25, -0.2) is 0 Å². The summed E-state index contributed by atoms with van der Waals surface area (Å²) in [6.45, 7) is 0.126. The third-order valence-corrected chi connectivity index (χ3v) is 17.2. The topological polar surface area (TPSA) is 24.9 Å². The van der Waals surface area contributed by atoms with E-state index in [0.717, 1.165) is 57.1 Å². The molecule has 0 saturated carbocycles. The Balaban J connectivity index is 0.997. The molecule has 4 aliphatic rings. The maximum absolute atomic E-state index is 6.93. The summed E-state index contributed by atoms with van der Waals surface area (Å²) in [5.41, 5.74) is 14.6. The Morgan fingerprint density at radius 1 is 0.290 bits per heavy atom. The Hall–Kier alpha value is -6.65. The van der Waals surface area contributed by atoms with Gasteiger partial charge in [0.1, 0.15) is 0 Å². The third kappa shape index (κ3) is 5.76. The van der Waals surface area contributed by atoms with Crippen LogP contribution < -0.4 is 69.9 Å². The number of fused-ring (bicyclic) bond motifs is 8. The molecule has 0 aliphatic carbocycles. The first kappa shape index (κ1) is 36.0. The first-order valence-electron chi connectivity index (χ1n) is 21.0. The molecule has 4 aliphatic heterocycles. The first-order valence-corrected chi connectivity index (χ1v) is 24.4. The van der Waals surface area contributed by atoms with Crippen molar-refractivity contribution >= 4 is 128 Å². The van der Waals surface area contributed by atoms with E-state index >= 15 is 0 Å². The minimum absolute atomic E-state index is 0.0318. The molecule has 0 fully saturated rings. The van der Waals surface area contributed by atoms with E-state index in [4.69, 9.17) is 9.47 Å². The number of anilines is 6. The second-order valence-electron chi connectivity index (χ2n) is 16.0. The number of hydrogen-bond donors (Lipinski definition) is 0. The van der Waals surface area contributed by atoms with Crippen LogP contribution in [-0.4, -0.2) is 43.3 Å². The molecule has 9 aromatic rings. The van der Waals surface area contributed by atoms with Gasteiger partial charge in [0.05, 0.1) is 0 Å². The molecule has 0 radical (unpaired) electrons. The molecule has 0 bridgehead atoms. The van der Waals surface area contributed by atoms with Gasteiger partial charge in [0.2, 0.25) is 0 Å². The Kier molecular flexibility index (Phi) is 8.42. The standard InChI is InChI=1S/C54H34B2N2O2Se2/c1-5-17-35(18-6-1)57(36-19-7-2-8-20-36)39-29-47-53-51(31-39)61-49-34-50-44(33-43(49)55(53)41-25-13-15-27-45(41)59-47)56-42-26-14-16-28-46(42)60-48-30-40(32-52(62-50)54(48)56)58(37-21-9-3-10-22-37)38-23-11-4-12-24-38/h1-34H. The fraction of sp³-hybridized carbons (Fsp3) is 0. The second kappa shape index (κ2) is 14.5. The second-order valence-corrected chi connectivity index (χ2v) is 20.5. The Morgan fingerprint density at radius 3 is 1.03 bits per heavy atom. The number of benzene rings is 9. The molecular weight excluding hydrogens is 888 g/mol. The van der Waals surface area contributed by atoms with Gasteiger partial charge in [0.15, 0.2) is 0 Å². The van der Waals surface area contributed by atoms with Crippen LogP contribution in [0.3, 0.4) is 0 Å². The van der Waals surface area contributed by atoms with E-state index in [0.29, 0.717) is 0 Å². The molecule has 0 saturated heterocycles. The summed E-state index contributed by atoms with van der Waals surface area (Å²) in [4.78, 5) is 4.72. The SMILES string of the molecule is c1ccc(N(c2ccccc2)c2cc3c4c(c2)[Se]c2cc5c(cc2B4c2ccccc2O3)B2c3ccccc3Oc3cc(N(c4ccccc4)c4ccccc4)cc(c32)[Se]5)cc1. The van der Waals surface area contributed by atoms with Crippen molar-refractivity contribution < 1.29 is 9.47 Å². The van der Waals surface area contributed by atoms with E-state index in [-0.39, 0.29) is 43.3 Å². The van der Waals surface area contributed by atoms with Crippen LogP contribution >= 0.6 is 0 Å². The van der Waals surface area contributed by atoms with Crippen molar-refractivity contribution in [2.45, 2.75) is 0 Å². The van der Waals surface area contributed by atoms with Crippen molar-refractivity contribution in [1.29, 1.82) is 0 Å². The van der Waals surface area contributed by atoms with Crippen LogP contribution in [0.15, 0.2) is 206 Å². The van der Waals surface area contributed by atoms with E-state index in [1.807, 2.05) is 0 Å². The molecule has 9 aromatic carbocycles. The summed E-state index contributed by atoms with van der Waals surface area (Å²) >= 11 is 0.0635. The zero-order chi connectivity index (χ0) is 40.7. The molecule has 0 atom stereocenters. The van der Waals surface area contributed by atoms with Crippen LogP contribution in [-0.2, 0) is 0 Å². The van der Waals surface area contributed by atoms with Crippen LogP contribution in [0.5, 0.6) is 23.0 Å². The summed E-state index contributed by atoms with van der Waals surface area (Å²) in [7, 11) is 0. The van der Waals surface area contributed by atoms with E-state index in [1.54, 1.807) is 0 Å². The van der Waals surface area contributed by atoms with Crippen molar-refractivity contribution in [2.75, 3.05) is 9.80 Å². The fourth-order valence-corrected chi connectivity index (χ4v) is 15.3. The molecule has 0 aromatic heterocycles. The van der Waals surface area contributed by atoms with E-state index in [9.17, 15) is 0 Å². The monoisotopic (exact) mass is 924 g/mol. The molecule has 290 valence electrons. The predicted octanol–water partition coefficient (Wildman–Crippen LogP) is 5.81. The summed E-state index contributed by atoms with van der Waals surface area (Å²) in [5, 5.41) is 0. The van der Waals surface area contributed by atoms with Crippen LogP contribution in [0.1, 0.15) is 0 Å². The molecule has 13 rings (SSSR count). The number of ether oxygens (including phenoxy) is 2. The van der Waals surface area contributed by atoms with Gasteiger partial charge in [-0.2, -0.15) is 0 Å². The summed E-state index contributed by atoms with van der Waals surface area (Å²) in [5.74, 6) is 3.76. The number of nitrogens with zero attached hydrogens (tertiary/aromatic N) is 2. The van der Waals surface area contributed by atoms with Crippen molar-refractivity contribution in [3.05, 3.63) is 206 Å². The molecule has 62 heavy (non-hydrogen) atoms.